The first kappa shape index (κ1) is 21.6. The van der Waals surface area contributed by atoms with Crippen LogP contribution in [0.4, 0.5) is 0 Å². The SMILES string of the molecule is O=C(c1ccccc1SC[C@@H]1CCCO1)N1CCN(Cc2cc(=O)n3ccsc3n2)CC1. The van der Waals surface area contributed by atoms with Gasteiger partial charge in [0.25, 0.3) is 11.5 Å². The van der Waals surface area contributed by atoms with E-state index in [4.69, 9.17) is 4.74 Å². The number of carbonyl (C=O) groups excluding carboxylic acids is 1. The van der Waals surface area contributed by atoms with Crippen molar-refractivity contribution in [2.45, 2.75) is 30.4 Å². The number of piperazine rings is 1. The Morgan fingerprint density at radius 3 is 2.88 bits per heavy atom. The molecule has 0 spiro atoms. The van der Waals surface area contributed by atoms with Crippen LogP contribution in [0.25, 0.3) is 4.96 Å². The molecule has 1 atom stereocenters. The summed E-state index contributed by atoms with van der Waals surface area (Å²) in [5.41, 5.74) is 1.52. The smallest absolute Gasteiger partial charge is 0.258 e. The minimum Gasteiger partial charge on any atom is -0.377 e. The molecule has 2 saturated heterocycles. The minimum atomic E-state index is -0.0443. The second-order valence-electron chi connectivity index (χ2n) is 8.15. The number of fused-ring (bicyclic) bond motifs is 1. The van der Waals surface area contributed by atoms with Crippen LogP contribution in [0.2, 0.25) is 0 Å². The number of hydrogen-bond donors (Lipinski definition) is 0. The molecule has 168 valence electrons. The number of hydrogen-bond acceptors (Lipinski definition) is 7. The average molecular weight is 471 g/mol. The van der Waals surface area contributed by atoms with Gasteiger partial charge in [-0.15, -0.1) is 23.1 Å². The predicted octanol–water partition coefficient (Wildman–Crippen LogP) is 2.99. The van der Waals surface area contributed by atoms with E-state index in [0.717, 1.165) is 59.4 Å². The molecule has 9 heteroatoms. The molecule has 0 aliphatic carbocycles. The molecule has 7 nitrogen and oxygen atoms in total. The highest BCUT2D eigenvalue weighted by Crippen LogP contribution is 2.28. The molecule has 32 heavy (non-hydrogen) atoms. The highest BCUT2D eigenvalue weighted by molar-refractivity contribution is 7.99. The third kappa shape index (κ3) is 4.76. The van der Waals surface area contributed by atoms with Gasteiger partial charge in [0.15, 0.2) is 4.96 Å². The van der Waals surface area contributed by atoms with Gasteiger partial charge in [-0.2, -0.15) is 0 Å². The van der Waals surface area contributed by atoms with Gasteiger partial charge >= 0.3 is 0 Å². The predicted molar refractivity (Wildman–Crippen MR) is 127 cm³/mol. The topological polar surface area (TPSA) is 67.2 Å². The normalized spacial score (nSPS) is 19.6. The number of benzene rings is 1. The number of rotatable bonds is 6. The molecule has 3 aromatic rings. The van der Waals surface area contributed by atoms with E-state index < -0.39 is 0 Å². The van der Waals surface area contributed by atoms with Crippen molar-refractivity contribution in [3.05, 3.63) is 63.5 Å². The summed E-state index contributed by atoms with van der Waals surface area (Å²) in [7, 11) is 0. The van der Waals surface area contributed by atoms with E-state index in [0.29, 0.717) is 25.7 Å². The molecular weight excluding hydrogens is 444 g/mol. The molecule has 2 aliphatic heterocycles. The number of aromatic nitrogens is 2. The lowest BCUT2D eigenvalue weighted by molar-refractivity contribution is 0.0623. The van der Waals surface area contributed by atoms with Crippen LogP contribution >= 0.6 is 23.1 Å². The van der Waals surface area contributed by atoms with Crippen LogP contribution < -0.4 is 5.56 Å². The molecule has 4 heterocycles. The van der Waals surface area contributed by atoms with Gasteiger partial charge in [-0.25, -0.2) is 4.98 Å². The van der Waals surface area contributed by atoms with Crippen LogP contribution in [0.1, 0.15) is 28.9 Å². The average Bonchev–Trinajstić information content (AvgIpc) is 3.50. The van der Waals surface area contributed by atoms with Crippen molar-refractivity contribution in [1.29, 1.82) is 0 Å². The molecule has 2 aliphatic rings. The molecule has 2 aromatic heterocycles. The van der Waals surface area contributed by atoms with Crippen molar-refractivity contribution >= 4 is 34.0 Å². The summed E-state index contributed by atoms with van der Waals surface area (Å²) in [5, 5.41) is 1.87. The molecule has 1 aromatic carbocycles. The molecule has 0 radical (unpaired) electrons. The van der Waals surface area contributed by atoms with E-state index in [9.17, 15) is 9.59 Å². The molecule has 0 N–H and O–H groups in total. The standard InChI is InChI=1S/C23H26N4O3S2/c28-21-14-17(24-23-27(21)11-13-31-23)15-25-7-9-26(10-8-25)22(29)19-5-1-2-6-20(19)32-16-18-4-3-12-30-18/h1-2,5-6,11,13-14,18H,3-4,7-10,12,15-16H2/t18-/m0/s1. The Balaban J connectivity index is 1.19. The second kappa shape index (κ2) is 9.74. The van der Waals surface area contributed by atoms with Crippen LogP contribution in [-0.4, -0.2) is 69.7 Å². The lowest BCUT2D eigenvalue weighted by Gasteiger charge is -2.34. The van der Waals surface area contributed by atoms with E-state index in [2.05, 4.69) is 9.88 Å². The lowest BCUT2D eigenvalue weighted by atomic mass is 10.1. The van der Waals surface area contributed by atoms with Gasteiger partial charge in [0.05, 0.1) is 17.4 Å². The molecule has 5 rings (SSSR count). The molecule has 0 unspecified atom stereocenters. The monoisotopic (exact) mass is 470 g/mol. The summed E-state index contributed by atoms with van der Waals surface area (Å²) in [6.45, 7) is 4.35. The van der Waals surface area contributed by atoms with Crippen LogP contribution in [0.15, 0.2) is 51.6 Å². The maximum atomic E-state index is 13.3. The summed E-state index contributed by atoms with van der Waals surface area (Å²) < 4.78 is 7.30. The van der Waals surface area contributed by atoms with Crippen LogP contribution in [0.5, 0.6) is 0 Å². The fourth-order valence-corrected chi connectivity index (χ4v) is 6.06. The minimum absolute atomic E-state index is 0.0443. The number of ether oxygens (including phenoxy) is 1. The summed E-state index contributed by atoms with van der Waals surface area (Å²) in [6.07, 6.45) is 4.27. The molecular formula is C23H26N4O3S2. The number of nitrogens with zero attached hydrogens (tertiary/aromatic N) is 4. The highest BCUT2D eigenvalue weighted by atomic mass is 32.2. The lowest BCUT2D eigenvalue weighted by Crippen LogP contribution is -2.48. The second-order valence-corrected chi connectivity index (χ2v) is 10.1. The first-order valence-corrected chi connectivity index (χ1v) is 12.8. The number of carbonyl (C=O) groups is 1. The van der Waals surface area contributed by atoms with Crippen molar-refractivity contribution in [3.63, 3.8) is 0 Å². The number of thiazole rings is 1. The van der Waals surface area contributed by atoms with Crippen LogP contribution in [0, 0.1) is 0 Å². The van der Waals surface area contributed by atoms with E-state index in [1.54, 1.807) is 28.4 Å². The molecule has 1 amide bonds. The zero-order chi connectivity index (χ0) is 21.9. The van der Waals surface area contributed by atoms with Crippen molar-refractivity contribution in [3.8, 4) is 0 Å². The summed E-state index contributed by atoms with van der Waals surface area (Å²) in [6, 6.07) is 9.50. The van der Waals surface area contributed by atoms with Gasteiger partial charge in [0, 0.05) is 67.6 Å². The van der Waals surface area contributed by atoms with Gasteiger partial charge in [-0.1, -0.05) is 12.1 Å². The summed E-state index contributed by atoms with van der Waals surface area (Å²) >= 11 is 3.18. The highest BCUT2D eigenvalue weighted by Gasteiger charge is 2.25. The Bertz CT molecular complexity index is 1150. The first-order valence-electron chi connectivity index (χ1n) is 11.0. The van der Waals surface area contributed by atoms with Gasteiger partial charge in [0.2, 0.25) is 0 Å². The largest absolute Gasteiger partial charge is 0.377 e. The van der Waals surface area contributed by atoms with Crippen LogP contribution in [0.3, 0.4) is 0 Å². The zero-order valence-corrected chi connectivity index (χ0v) is 19.4. The Kier molecular flexibility index (Phi) is 6.59. The fourth-order valence-electron chi connectivity index (χ4n) is 4.21. The zero-order valence-electron chi connectivity index (χ0n) is 17.8. The first-order chi connectivity index (χ1) is 15.7. The van der Waals surface area contributed by atoms with Crippen molar-refractivity contribution in [1.82, 2.24) is 19.2 Å². The quantitative estimate of drug-likeness (QED) is 0.516. The molecule has 0 bridgehead atoms. The van der Waals surface area contributed by atoms with Crippen molar-refractivity contribution < 1.29 is 9.53 Å². The van der Waals surface area contributed by atoms with E-state index >= 15 is 0 Å². The Hall–Kier alpha value is -2.20. The maximum Gasteiger partial charge on any atom is 0.258 e. The summed E-state index contributed by atoms with van der Waals surface area (Å²) in [4.78, 5) is 36.0. The Morgan fingerprint density at radius 2 is 2.06 bits per heavy atom. The Labute approximate surface area is 195 Å². The summed E-state index contributed by atoms with van der Waals surface area (Å²) in [5.74, 6) is 0.982. The maximum absolute atomic E-state index is 13.3. The third-order valence-corrected chi connectivity index (χ3v) is 7.93. The van der Waals surface area contributed by atoms with E-state index in [1.807, 2.05) is 34.5 Å². The molecule has 0 saturated carbocycles. The van der Waals surface area contributed by atoms with Crippen LogP contribution in [-0.2, 0) is 11.3 Å². The number of amides is 1. The fraction of sp³-hybridized carbons (Fsp3) is 0.435. The number of thioether (sulfide) groups is 1. The van der Waals surface area contributed by atoms with Gasteiger partial charge < -0.3 is 9.64 Å². The van der Waals surface area contributed by atoms with Gasteiger partial charge in [-0.05, 0) is 25.0 Å². The van der Waals surface area contributed by atoms with Crippen molar-refractivity contribution in [2.24, 2.45) is 0 Å². The third-order valence-electron chi connectivity index (χ3n) is 5.97. The van der Waals surface area contributed by atoms with E-state index in [1.165, 1.54) is 11.3 Å². The van der Waals surface area contributed by atoms with Gasteiger partial charge in [0.1, 0.15) is 0 Å². The molecule has 2 fully saturated rings. The van der Waals surface area contributed by atoms with Gasteiger partial charge in [-0.3, -0.25) is 18.9 Å². The van der Waals surface area contributed by atoms with E-state index in [-0.39, 0.29) is 11.5 Å². The van der Waals surface area contributed by atoms with Crippen molar-refractivity contribution in [2.75, 3.05) is 38.5 Å². The Morgan fingerprint density at radius 1 is 1.22 bits per heavy atom.